The number of Topliss-reactive ketones (excluding diaryl/α,β-unsaturated/α-hetero) is 1. The van der Waals surface area contributed by atoms with E-state index in [-0.39, 0.29) is 29.9 Å². The van der Waals surface area contributed by atoms with Crippen molar-refractivity contribution < 1.29 is 69.7 Å². The maximum atomic E-state index is 12.7. The summed E-state index contributed by atoms with van der Waals surface area (Å²) in [6.45, 7) is 0.675. The molecule has 0 amide bonds. The van der Waals surface area contributed by atoms with Gasteiger partial charge in [0.2, 0.25) is 6.29 Å². The van der Waals surface area contributed by atoms with E-state index in [0.717, 1.165) is 17.7 Å². The molecule has 2 aliphatic rings. The number of ether oxygens (including phenoxy) is 4. The smallest absolute Gasteiger partial charge is 0.229 e. The van der Waals surface area contributed by atoms with Crippen molar-refractivity contribution in [3.8, 4) is 23.0 Å². The second-order valence-electron chi connectivity index (χ2n) is 10.0. The van der Waals surface area contributed by atoms with E-state index >= 15 is 0 Å². The molecule has 2 saturated heterocycles. The molecule has 2 aliphatic heterocycles. The average Bonchev–Trinajstić information content (AvgIpc) is 2.93. The Bertz CT molecular complexity index is 1170. The molecule has 10 atom stereocenters. The van der Waals surface area contributed by atoms with Crippen LogP contribution < -0.4 is 4.74 Å². The zero-order valence-electron chi connectivity index (χ0n) is 21.9. The Morgan fingerprint density at radius 2 is 1.46 bits per heavy atom. The Balaban J connectivity index is 1.52. The first kappa shape index (κ1) is 30.9. The summed E-state index contributed by atoms with van der Waals surface area (Å²) in [5.74, 6) is -2.00. The second kappa shape index (κ2) is 12.9. The molecule has 2 heterocycles. The van der Waals surface area contributed by atoms with Crippen molar-refractivity contribution >= 4 is 5.78 Å². The van der Waals surface area contributed by atoms with E-state index in [1.165, 1.54) is 19.1 Å². The molecule has 0 saturated carbocycles. The lowest BCUT2D eigenvalue weighted by atomic mass is 9.97. The molecular formula is C27H34O14. The number of carbonyl (C=O) groups excluding carboxylic acids is 1. The van der Waals surface area contributed by atoms with Gasteiger partial charge in [-0.25, -0.2) is 0 Å². The Hall–Kier alpha value is -3.05. The lowest BCUT2D eigenvalue weighted by molar-refractivity contribution is -0.354. The number of aliphatic hydroxyl groups excluding tert-OH is 6. The minimum absolute atomic E-state index is 0.0706. The van der Waals surface area contributed by atoms with Crippen molar-refractivity contribution in [2.24, 2.45) is 0 Å². The van der Waals surface area contributed by atoms with E-state index in [1.807, 2.05) is 0 Å². The van der Waals surface area contributed by atoms with Gasteiger partial charge in [-0.15, -0.1) is 0 Å². The summed E-state index contributed by atoms with van der Waals surface area (Å²) in [6.07, 6.45) is -15.3. The normalized spacial score (nSPS) is 33.8. The van der Waals surface area contributed by atoms with Gasteiger partial charge in [0.05, 0.1) is 12.7 Å². The fourth-order valence-electron chi connectivity index (χ4n) is 4.70. The summed E-state index contributed by atoms with van der Waals surface area (Å²) in [5, 5.41) is 91.5. The maximum Gasteiger partial charge on any atom is 0.229 e. The number of phenols is 3. The minimum Gasteiger partial charge on any atom is -0.508 e. The Labute approximate surface area is 234 Å². The van der Waals surface area contributed by atoms with Gasteiger partial charge in [0.15, 0.2) is 18.2 Å². The van der Waals surface area contributed by atoms with Gasteiger partial charge < -0.3 is 64.9 Å². The molecule has 9 N–H and O–H groups in total. The highest BCUT2D eigenvalue weighted by atomic mass is 16.8. The van der Waals surface area contributed by atoms with Gasteiger partial charge in [-0.2, -0.15) is 0 Å². The Morgan fingerprint density at radius 1 is 0.829 bits per heavy atom. The third-order valence-electron chi connectivity index (χ3n) is 7.10. The molecule has 0 radical (unpaired) electrons. The monoisotopic (exact) mass is 582 g/mol. The first-order chi connectivity index (χ1) is 19.4. The van der Waals surface area contributed by atoms with Crippen LogP contribution in [0.4, 0.5) is 0 Å². The van der Waals surface area contributed by atoms with Crippen molar-refractivity contribution in [1.29, 1.82) is 0 Å². The first-order valence-corrected chi connectivity index (χ1v) is 12.9. The lowest BCUT2D eigenvalue weighted by Crippen LogP contribution is -2.64. The number of aryl methyl sites for hydroxylation is 1. The molecular weight excluding hydrogens is 548 g/mol. The molecule has 226 valence electrons. The van der Waals surface area contributed by atoms with Crippen LogP contribution >= 0.6 is 0 Å². The van der Waals surface area contributed by atoms with Crippen LogP contribution in [0.15, 0.2) is 36.4 Å². The molecule has 0 spiro atoms. The van der Waals surface area contributed by atoms with Crippen LogP contribution in [0.3, 0.4) is 0 Å². The van der Waals surface area contributed by atoms with Crippen LogP contribution in [-0.2, 0) is 20.6 Å². The predicted molar refractivity (Wildman–Crippen MR) is 136 cm³/mol. The van der Waals surface area contributed by atoms with Gasteiger partial charge in [-0.05, 0) is 31.0 Å². The van der Waals surface area contributed by atoms with E-state index in [2.05, 4.69) is 0 Å². The topological polar surface area (TPSA) is 236 Å². The third kappa shape index (κ3) is 6.72. The standard InChI is InChI=1S/C27H34O14/c1-11-20(33)22(35)24(37)26(38-11)41-25-23(36)21(34)18(10-28)40-27(25)39-14-8-16(31)19(17(32)9-14)15(30)7-4-12-2-5-13(29)6-3-12/h2-3,5-6,8-9,11,18,20-29,31-37H,4,7,10H2,1H3/t11-,18-,20-,21+,22-,23+,24-,25+,26-,27-/m0/s1. The number of ketones is 1. The van der Waals surface area contributed by atoms with Crippen molar-refractivity contribution in [2.75, 3.05) is 6.61 Å². The summed E-state index contributed by atoms with van der Waals surface area (Å²) < 4.78 is 22.2. The van der Waals surface area contributed by atoms with Crippen LogP contribution in [0.2, 0.25) is 0 Å². The highest BCUT2D eigenvalue weighted by Gasteiger charge is 2.51. The molecule has 0 unspecified atom stereocenters. The molecule has 0 bridgehead atoms. The quantitative estimate of drug-likeness (QED) is 0.156. The number of carbonyl (C=O) groups is 1. The van der Waals surface area contributed by atoms with Crippen LogP contribution in [0, 0.1) is 0 Å². The van der Waals surface area contributed by atoms with Gasteiger partial charge >= 0.3 is 0 Å². The van der Waals surface area contributed by atoms with E-state index in [4.69, 9.17) is 18.9 Å². The number of aromatic hydroxyl groups is 3. The van der Waals surface area contributed by atoms with E-state index in [1.54, 1.807) is 12.1 Å². The summed E-state index contributed by atoms with van der Waals surface area (Å²) in [6, 6.07) is 8.22. The molecule has 41 heavy (non-hydrogen) atoms. The minimum atomic E-state index is -1.77. The van der Waals surface area contributed by atoms with Crippen molar-refractivity contribution in [1.82, 2.24) is 0 Å². The fourth-order valence-corrected chi connectivity index (χ4v) is 4.70. The van der Waals surface area contributed by atoms with Crippen LogP contribution in [-0.4, -0.2) is 120 Å². The summed E-state index contributed by atoms with van der Waals surface area (Å²) in [4.78, 5) is 12.7. The zero-order chi connectivity index (χ0) is 30.0. The van der Waals surface area contributed by atoms with Gasteiger partial charge in [0.25, 0.3) is 0 Å². The highest BCUT2D eigenvalue weighted by molar-refractivity contribution is 6.01. The number of hydrogen-bond donors (Lipinski definition) is 9. The number of phenolic OH excluding ortho intramolecular Hbond substituents is 3. The molecule has 2 aromatic carbocycles. The highest BCUT2D eigenvalue weighted by Crippen LogP contribution is 2.36. The number of rotatable bonds is 9. The van der Waals surface area contributed by atoms with Crippen molar-refractivity contribution in [2.45, 2.75) is 81.2 Å². The Kier molecular flexibility index (Phi) is 9.69. The summed E-state index contributed by atoms with van der Waals surface area (Å²) >= 11 is 0. The maximum absolute atomic E-state index is 12.7. The summed E-state index contributed by atoms with van der Waals surface area (Å²) in [5.41, 5.74) is 0.385. The molecule has 2 aromatic rings. The van der Waals surface area contributed by atoms with E-state index in [0.29, 0.717) is 0 Å². The number of hydrogen-bond acceptors (Lipinski definition) is 14. The fraction of sp³-hybridized carbons (Fsp3) is 0.519. The molecule has 14 nitrogen and oxygen atoms in total. The summed E-state index contributed by atoms with van der Waals surface area (Å²) in [7, 11) is 0. The molecule has 2 fully saturated rings. The van der Waals surface area contributed by atoms with E-state index < -0.39 is 85.3 Å². The van der Waals surface area contributed by atoms with Crippen LogP contribution in [0.5, 0.6) is 23.0 Å². The molecule has 4 rings (SSSR count). The lowest BCUT2D eigenvalue weighted by Gasteiger charge is -2.45. The van der Waals surface area contributed by atoms with Gasteiger partial charge in [0, 0.05) is 18.6 Å². The SMILES string of the molecule is C[C@@H]1O[C@@H](O[C@H]2[C@@H](Oc3cc(O)c(C(=O)CCc4ccc(O)cc4)c(O)c3)O[C@@H](CO)[C@@H](O)[C@H]2O)[C@@H](O)[C@@H](O)[C@H]1O. The van der Waals surface area contributed by atoms with Gasteiger partial charge in [-0.3, -0.25) is 4.79 Å². The van der Waals surface area contributed by atoms with Crippen molar-refractivity contribution in [3.05, 3.63) is 47.5 Å². The average molecular weight is 583 g/mol. The number of benzene rings is 2. The van der Waals surface area contributed by atoms with Crippen LogP contribution in [0.1, 0.15) is 29.3 Å². The Morgan fingerprint density at radius 3 is 2.07 bits per heavy atom. The molecule has 0 aliphatic carbocycles. The third-order valence-corrected chi connectivity index (χ3v) is 7.10. The van der Waals surface area contributed by atoms with Crippen LogP contribution in [0.25, 0.3) is 0 Å². The van der Waals surface area contributed by atoms with Gasteiger partial charge in [-0.1, -0.05) is 12.1 Å². The molecule has 0 aromatic heterocycles. The van der Waals surface area contributed by atoms with E-state index in [9.17, 15) is 50.8 Å². The second-order valence-corrected chi connectivity index (χ2v) is 10.0. The van der Waals surface area contributed by atoms with Gasteiger partial charge in [0.1, 0.15) is 65.2 Å². The first-order valence-electron chi connectivity index (χ1n) is 12.9. The number of aliphatic hydroxyl groups is 6. The zero-order valence-corrected chi connectivity index (χ0v) is 21.9. The van der Waals surface area contributed by atoms with Crippen molar-refractivity contribution in [3.63, 3.8) is 0 Å². The molecule has 14 heteroatoms. The predicted octanol–water partition coefficient (Wildman–Crippen LogP) is -1.35. The largest absolute Gasteiger partial charge is 0.508 e.